The Bertz CT molecular complexity index is 791. The topological polar surface area (TPSA) is 34.0 Å². The zero-order valence-corrected chi connectivity index (χ0v) is 14.4. The molecule has 1 aromatic heterocycles. The van der Waals surface area contributed by atoms with E-state index in [2.05, 4.69) is 5.32 Å². The molecule has 2 aromatic rings. The van der Waals surface area contributed by atoms with Crippen LogP contribution in [0.1, 0.15) is 38.3 Å². The van der Waals surface area contributed by atoms with Crippen molar-refractivity contribution in [1.29, 1.82) is 0 Å². The molecule has 1 heterocycles. The summed E-state index contributed by atoms with van der Waals surface area (Å²) in [7, 11) is 1.50. The normalized spacial score (nSPS) is 12.2. The highest BCUT2D eigenvalue weighted by atomic mass is 19.4. The average Bonchev–Trinajstić information content (AvgIpc) is 2.48. The number of anilines is 1. The van der Waals surface area contributed by atoms with Gasteiger partial charge in [0.15, 0.2) is 0 Å². The molecule has 2 rings (SSSR count). The van der Waals surface area contributed by atoms with Crippen molar-refractivity contribution in [2.75, 3.05) is 11.9 Å². The number of hydrogen-bond acceptors (Lipinski definition) is 2. The Morgan fingerprint density at radius 2 is 1.92 bits per heavy atom. The molecule has 24 heavy (non-hydrogen) atoms. The first-order chi connectivity index (χ1) is 11.2. The predicted octanol–water partition coefficient (Wildman–Crippen LogP) is 4.58. The second kappa shape index (κ2) is 6.87. The molecule has 0 spiro atoms. The Morgan fingerprint density at radius 1 is 1.25 bits per heavy atom. The van der Waals surface area contributed by atoms with Gasteiger partial charge in [-0.1, -0.05) is 33.3 Å². The molecule has 0 saturated carbocycles. The van der Waals surface area contributed by atoms with Crippen LogP contribution in [-0.2, 0) is 19.6 Å². The molecular formula is C18H23F3N2O. The molecule has 1 aromatic carbocycles. The van der Waals surface area contributed by atoms with Gasteiger partial charge < -0.3 is 9.88 Å². The Morgan fingerprint density at radius 3 is 2.46 bits per heavy atom. The summed E-state index contributed by atoms with van der Waals surface area (Å²) in [6.45, 7) is 6.04. The molecule has 132 valence electrons. The lowest BCUT2D eigenvalue weighted by Crippen LogP contribution is -2.28. The van der Waals surface area contributed by atoms with Gasteiger partial charge >= 0.3 is 6.18 Å². The number of aromatic nitrogens is 1. The van der Waals surface area contributed by atoms with Crippen molar-refractivity contribution in [3.8, 4) is 0 Å². The van der Waals surface area contributed by atoms with Crippen molar-refractivity contribution < 1.29 is 13.2 Å². The molecule has 6 heteroatoms. The van der Waals surface area contributed by atoms with E-state index in [-0.39, 0.29) is 17.0 Å². The molecule has 0 aliphatic heterocycles. The third kappa shape index (κ3) is 3.57. The number of aryl methyl sites for hydroxylation is 2. The second-order valence-electron chi connectivity index (χ2n) is 6.49. The molecule has 0 radical (unpaired) electrons. The molecule has 0 bridgehead atoms. The number of halogens is 3. The summed E-state index contributed by atoms with van der Waals surface area (Å²) in [5, 5.41) is 2.79. The van der Waals surface area contributed by atoms with Crippen molar-refractivity contribution in [2.24, 2.45) is 13.0 Å². The van der Waals surface area contributed by atoms with Crippen LogP contribution in [0.5, 0.6) is 0 Å². The van der Waals surface area contributed by atoms with Gasteiger partial charge in [-0.3, -0.25) is 4.79 Å². The minimum atomic E-state index is -4.60. The predicted molar refractivity (Wildman–Crippen MR) is 91.5 cm³/mol. The fraction of sp³-hybridized carbons (Fsp3) is 0.500. The summed E-state index contributed by atoms with van der Waals surface area (Å²) in [6.07, 6.45) is -3.06. The van der Waals surface area contributed by atoms with Crippen molar-refractivity contribution in [3.63, 3.8) is 0 Å². The number of nitrogens with one attached hydrogen (secondary N) is 1. The van der Waals surface area contributed by atoms with Gasteiger partial charge in [-0.05, 0) is 30.0 Å². The maximum absolute atomic E-state index is 13.7. The number of rotatable bonds is 5. The molecule has 0 aliphatic rings. The fourth-order valence-electron chi connectivity index (χ4n) is 2.80. The summed E-state index contributed by atoms with van der Waals surface area (Å²) in [4.78, 5) is 12.5. The van der Waals surface area contributed by atoms with Crippen molar-refractivity contribution in [3.05, 3.63) is 39.7 Å². The Hall–Kier alpha value is -1.98. The third-order valence-electron chi connectivity index (χ3n) is 3.97. The number of benzene rings is 1. The van der Waals surface area contributed by atoms with E-state index in [9.17, 15) is 18.0 Å². The highest BCUT2D eigenvalue weighted by Crippen LogP contribution is 2.38. The van der Waals surface area contributed by atoms with E-state index in [0.29, 0.717) is 18.5 Å². The van der Waals surface area contributed by atoms with Crippen LogP contribution < -0.4 is 10.9 Å². The summed E-state index contributed by atoms with van der Waals surface area (Å²) >= 11 is 0. The summed E-state index contributed by atoms with van der Waals surface area (Å²) in [5.74, 6) is 0.123. The largest absolute Gasteiger partial charge is 0.419 e. The maximum atomic E-state index is 13.7. The second-order valence-corrected chi connectivity index (χ2v) is 6.49. The van der Waals surface area contributed by atoms with Crippen molar-refractivity contribution >= 4 is 16.6 Å². The lowest BCUT2D eigenvalue weighted by atomic mass is 10.0. The van der Waals surface area contributed by atoms with Gasteiger partial charge in [0.05, 0.1) is 11.1 Å². The van der Waals surface area contributed by atoms with Gasteiger partial charge in [0.2, 0.25) is 0 Å². The van der Waals surface area contributed by atoms with Gasteiger partial charge in [0.1, 0.15) is 5.69 Å². The van der Waals surface area contributed by atoms with Crippen molar-refractivity contribution in [2.45, 2.75) is 39.8 Å². The highest BCUT2D eigenvalue weighted by Gasteiger charge is 2.37. The number of fused-ring (bicyclic) bond motifs is 1. The number of pyridine rings is 1. The Kier molecular flexibility index (Phi) is 5.26. The van der Waals surface area contributed by atoms with Crippen LogP contribution in [0.15, 0.2) is 23.0 Å². The molecule has 0 atom stereocenters. The zero-order chi connectivity index (χ0) is 18.1. The van der Waals surface area contributed by atoms with Crippen LogP contribution in [0.3, 0.4) is 0 Å². The molecule has 0 fully saturated rings. The van der Waals surface area contributed by atoms with E-state index < -0.39 is 17.3 Å². The first-order valence-electron chi connectivity index (χ1n) is 8.13. The van der Waals surface area contributed by atoms with E-state index in [0.717, 1.165) is 12.0 Å². The van der Waals surface area contributed by atoms with E-state index in [4.69, 9.17) is 0 Å². The quantitative estimate of drug-likeness (QED) is 0.864. The fourth-order valence-corrected chi connectivity index (χ4v) is 2.80. The zero-order valence-electron chi connectivity index (χ0n) is 14.4. The smallest absolute Gasteiger partial charge is 0.380 e. The number of alkyl halides is 3. The maximum Gasteiger partial charge on any atom is 0.419 e. The molecule has 0 unspecified atom stereocenters. The first-order valence-corrected chi connectivity index (χ1v) is 8.13. The van der Waals surface area contributed by atoms with Gasteiger partial charge in [-0.2, -0.15) is 13.2 Å². The summed E-state index contributed by atoms with van der Waals surface area (Å²) in [6, 6.07) is 4.94. The van der Waals surface area contributed by atoms with Crippen LogP contribution in [0.25, 0.3) is 10.9 Å². The van der Waals surface area contributed by atoms with Gasteiger partial charge in [-0.25, -0.2) is 0 Å². The molecule has 0 aliphatic carbocycles. The Labute approximate surface area is 139 Å². The van der Waals surface area contributed by atoms with Crippen LogP contribution >= 0.6 is 0 Å². The molecule has 3 nitrogen and oxygen atoms in total. The molecule has 0 saturated heterocycles. The average molecular weight is 340 g/mol. The molecule has 0 amide bonds. The first kappa shape index (κ1) is 18.4. The SMILES string of the molecule is CCCc1ccc2c(c1)c(C(F)(F)F)c(NCC(C)C)c(=O)n2C. The summed E-state index contributed by atoms with van der Waals surface area (Å²) in [5.41, 5.74) is -0.746. The lowest BCUT2D eigenvalue weighted by Gasteiger charge is -2.20. The highest BCUT2D eigenvalue weighted by molar-refractivity contribution is 5.88. The molecular weight excluding hydrogens is 317 g/mol. The van der Waals surface area contributed by atoms with E-state index >= 15 is 0 Å². The molecule has 1 N–H and O–H groups in total. The standard InChI is InChI=1S/C18H23F3N2O/c1-5-6-12-7-8-14-13(9-12)15(18(19,20)21)16(17(24)23(14)4)22-10-11(2)3/h7-9,11,22H,5-6,10H2,1-4H3. The van der Waals surface area contributed by atoms with E-state index in [1.54, 1.807) is 18.2 Å². The minimum absolute atomic E-state index is 0.0711. The van der Waals surface area contributed by atoms with Gasteiger partial charge in [0.25, 0.3) is 5.56 Å². The lowest BCUT2D eigenvalue weighted by molar-refractivity contribution is -0.135. The van der Waals surface area contributed by atoms with E-state index in [1.165, 1.54) is 11.6 Å². The van der Waals surface area contributed by atoms with E-state index in [1.807, 2.05) is 20.8 Å². The van der Waals surface area contributed by atoms with Gasteiger partial charge in [-0.15, -0.1) is 0 Å². The van der Waals surface area contributed by atoms with Crippen LogP contribution in [0.2, 0.25) is 0 Å². The third-order valence-corrected chi connectivity index (χ3v) is 3.97. The van der Waals surface area contributed by atoms with Crippen LogP contribution in [-0.4, -0.2) is 11.1 Å². The summed E-state index contributed by atoms with van der Waals surface area (Å²) < 4.78 is 42.5. The monoisotopic (exact) mass is 340 g/mol. The number of hydrogen-bond donors (Lipinski definition) is 1. The van der Waals surface area contributed by atoms with Crippen molar-refractivity contribution in [1.82, 2.24) is 4.57 Å². The number of nitrogens with zero attached hydrogens (tertiary/aromatic N) is 1. The minimum Gasteiger partial charge on any atom is -0.380 e. The van der Waals surface area contributed by atoms with Gasteiger partial charge in [0, 0.05) is 19.0 Å². The van der Waals surface area contributed by atoms with Crippen LogP contribution in [0.4, 0.5) is 18.9 Å². The van der Waals surface area contributed by atoms with Crippen LogP contribution in [0, 0.1) is 5.92 Å². The Balaban J connectivity index is 2.82.